The number of nitrogens with zero attached hydrogens (tertiary/aromatic N) is 1. The SMILES string of the molecule is Nc1ccc(C(=O)C=Cc2cc(-c3ccc4c(c3)OCO4)n[nH]2)cc1. The fourth-order valence-corrected chi connectivity index (χ4v) is 2.53. The van der Waals surface area contributed by atoms with Crippen LogP contribution in [0.3, 0.4) is 0 Å². The van der Waals surface area contributed by atoms with Gasteiger partial charge >= 0.3 is 0 Å². The molecule has 1 aliphatic rings. The van der Waals surface area contributed by atoms with E-state index in [1.54, 1.807) is 30.3 Å². The summed E-state index contributed by atoms with van der Waals surface area (Å²) in [7, 11) is 0. The van der Waals surface area contributed by atoms with E-state index in [1.807, 2.05) is 24.3 Å². The third-order valence-electron chi connectivity index (χ3n) is 3.88. The zero-order valence-electron chi connectivity index (χ0n) is 13.2. The number of hydrogen-bond donors (Lipinski definition) is 2. The fourth-order valence-electron chi connectivity index (χ4n) is 2.53. The molecule has 3 N–H and O–H groups in total. The number of nitrogens with two attached hydrogens (primary N) is 1. The summed E-state index contributed by atoms with van der Waals surface area (Å²) >= 11 is 0. The Labute approximate surface area is 143 Å². The molecule has 6 nitrogen and oxygen atoms in total. The van der Waals surface area contributed by atoms with Crippen molar-refractivity contribution in [2.45, 2.75) is 0 Å². The number of carbonyl (C=O) groups is 1. The molecule has 6 heteroatoms. The molecule has 0 unspecified atom stereocenters. The number of H-pyrrole nitrogens is 1. The number of carbonyl (C=O) groups excluding carboxylic acids is 1. The van der Waals surface area contributed by atoms with Gasteiger partial charge in [0.15, 0.2) is 17.3 Å². The fraction of sp³-hybridized carbons (Fsp3) is 0.0526. The number of anilines is 1. The molecule has 1 aliphatic heterocycles. The summed E-state index contributed by atoms with van der Waals surface area (Å²) in [4.78, 5) is 12.1. The number of ketones is 1. The predicted molar refractivity (Wildman–Crippen MR) is 94.4 cm³/mol. The van der Waals surface area contributed by atoms with Gasteiger partial charge in [-0.05, 0) is 60.7 Å². The van der Waals surface area contributed by atoms with Crippen molar-refractivity contribution in [3.63, 3.8) is 0 Å². The average Bonchev–Trinajstić information content (AvgIpc) is 3.28. The minimum Gasteiger partial charge on any atom is -0.454 e. The van der Waals surface area contributed by atoms with Crippen LogP contribution in [0.2, 0.25) is 0 Å². The number of rotatable bonds is 4. The molecule has 0 amide bonds. The van der Waals surface area contributed by atoms with Crippen LogP contribution < -0.4 is 15.2 Å². The van der Waals surface area contributed by atoms with Gasteiger partial charge in [-0.2, -0.15) is 5.10 Å². The number of hydrogen-bond acceptors (Lipinski definition) is 5. The molecule has 25 heavy (non-hydrogen) atoms. The molecule has 124 valence electrons. The molecule has 2 aromatic carbocycles. The molecule has 0 aliphatic carbocycles. The van der Waals surface area contributed by atoms with Gasteiger partial charge in [-0.25, -0.2) is 0 Å². The first-order valence-electron chi connectivity index (χ1n) is 7.72. The zero-order chi connectivity index (χ0) is 17.2. The molecule has 0 saturated heterocycles. The number of nitrogens with one attached hydrogen (secondary N) is 1. The molecule has 0 fully saturated rings. The van der Waals surface area contributed by atoms with Crippen molar-refractivity contribution in [2.24, 2.45) is 0 Å². The highest BCUT2D eigenvalue weighted by atomic mass is 16.7. The van der Waals surface area contributed by atoms with Crippen molar-refractivity contribution in [1.29, 1.82) is 0 Å². The third-order valence-corrected chi connectivity index (χ3v) is 3.88. The van der Waals surface area contributed by atoms with Crippen molar-refractivity contribution in [2.75, 3.05) is 12.5 Å². The molecule has 0 saturated carbocycles. The molecule has 4 rings (SSSR count). The molecule has 1 aromatic heterocycles. The molecule has 0 atom stereocenters. The standard InChI is InChI=1S/C19H15N3O3/c20-14-4-1-12(2-5-14)17(23)7-6-15-10-16(22-21-15)13-3-8-18-19(9-13)25-11-24-18/h1-10H,11,20H2,(H,21,22). The number of benzene rings is 2. The van der Waals surface area contributed by atoms with E-state index < -0.39 is 0 Å². The van der Waals surface area contributed by atoms with Gasteiger partial charge in [0.1, 0.15) is 0 Å². The van der Waals surface area contributed by atoms with E-state index in [2.05, 4.69) is 10.2 Å². The van der Waals surface area contributed by atoms with Crippen LogP contribution in [0.25, 0.3) is 17.3 Å². The van der Waals surface area contributed by atoms with Gasteiger partial charge < -0.3 is 15.2 Å². The van der Waals surface area contributed by atoms with Crippen molar-refractivity contribution >= 4 is 17.5 Å². The maximum absolute atomic E-state index is 12.1. The number of aromatic amines is 1. The smallest absolute Gasteiger partial charge is 0.231 e. The summed E-state index contributed by atoms with van der Waals surface area (Å²) in [5, 5.41) is 7.18. The van der Waals surface area contributed by atoms with Gasteiger partial charge in [-0.3, -0.25) is 9.89 Å². The maximum Gasteiger partial charge on any atom is 0.231 e. The summed E-state index contributed by atoms with van der Waals surface area (Å²) in [6, 6.07) is 14.3. The molecule has 0 bridgehead atoms. The van der Waals surface area contributed by atoms with E-state index in [4.69, 9.17) is 15.2 Å². The van der Waals surface area contributed by atoms with Crippen LogP contribution in [0.5, 0.6) is 11.5 Å². The lowest BCUT2D eigenvalue weighted by Gasteiger charge is -1.98. The van der Waals surface area contributed by atoms with Crippen molar-refractivity contribution in [3.05, 3.63) is 65.9 Å². The molecule has 0 radical (unpaired) electrons. The molecule has 3 aromatic rings. The van der Waals surface area contributed by atoms with E-state index in [0.717, 1.165) is 22.7 Å². The van der Waals surface area contributed by atoms with E-state index in [0.29, 0.717) is 17.0 Å². The molecule has 2 heterocycles. The summed E-state index contributed by atoms with van der Waals surface area (Å²) in [6.07, 6.45) is 3.20. The second kappa shape index (κ2) is 6.16. The number of nitrogen functional groups attached to an aromatic ring is 1. The van der Waals surface area contributed by atoms with E-state index >= 15 is 0 Å². The Morgan fingerprint density at radius 1 is 1.08 bits per heavy atom. The lowest BCUT2D eigenvalue weighted by Crippen LogP contribution is -1.94. The van der Waals surface area contributed by atoms with Crippen LogP contribution in [-0.4, -0.2) is 22.8 Å². The first-order chi connectivity index (χ1) is 12.2. The van der Waals surface area contributed by atoms with Crippen LogP contribution in [0.15, 0.2) is 54.6 Å². The topological polar surface area (TPSA) is 90.2 Å². The van der Waals surface area contributed by atoms with Crippen LogP contribution in [-0.2, 0) is 0 Å². The number of allylic oxidation sites excluding steroid dienone is 1. The van der Waals surface area contributed by atoms with Gasteiger partial charge in [0.25, 0.3) is 0 Å². The Balaban J connectivity index is 1.51. The minimum absolute atomic E-state index is 0.0979. The quantitative estimate of drug-likeness (QED) is 0.434. The Hall–Kier alpha value is -3.54. The first-order valence-corrected chi connectivity index (χ1v) is 7.72. The van der Waals surface area contributed by atoms with Gasteiger partial charge in [-0.1, -0.05) is 0 Å². The largest absolute Gasteiger partial charge is 0.454 e. The number of ether oxygens (including phenoxy) is 2. The summed E-state index contributed by atoms with van der Waals surface area (Å²) in [5.74, 6) is 1.34. The highest BCUT2D eigenvalue weighted by Gasteiger charge is 2.14. The Kier molecular flexibility index (Phi) is 3.70. The average molecular weight is 333 g/mol. The summed E-state index contributed by atoms with van der Waals surface area (Å²) in [6.45, 7) is 0.237. The van der Waals surface area contributed by atoms with Gasteiger partial charge in [0, 0.05) is 16.8 Å². The number of fused-ring (bicyclic) bond motifs is 1. The molecular formula is C19H15N3O3. The normalized spacial score (nSPS) is 12.6. The Morgan fingerprint density at radius 3 is 2.72 bits per heavy atom. The van der Waals surface area contributed by atoms with Gasteiger partial charge in [-0.15, -0.1) is 0 Å². The maximum atomic E-state index is 12.1. The first kappa shape index (κ1) is 15.0. The van der Waals surface area contributed by atoms with Crippen LogP contribution in [0, 0.1) is 0 Å². The monoisotopic (exact) mass is 333 g/mol. The lowest BCUT2D eigenvalue weighted by atomic mass is 10.1. The van der Waals surface area contributed by atoms with Crippen molar-refractivity contribution in [3.8, 4) is 22.8 Å². The summed E-state index contributed by atoms with van der Waals surface area (Å²) < 4.78 is 10.7. The zero-order valence-corrected chi connectivity index (χ0v) is 13.2. The second-order valence-corrected chi connectivity index (χ2v) is 5.60. The predicted octanol–water partition coefficient (Wildman–Crippen LogP) is 3.28. The lowest BCUT2D eigenvalue weighted by molar-refractivity contribution is 0.104. The van der Waals surface area contributed by atoms with Crippen molar-refractivity contribution in [1.82, 2.24) is 10.2 Å². The van der Waals surface area contributed by atoms with Gasteiger partial charge in [0.2, 0.25) is 6.79 Å². The van der Waals surface area contributed by atoms with Gasteiger partial charge in [0.05, 0.1) is 11.4 Å². The van der Waals surface area contributed by atoms with E-state index in [-0.39, 0.29) is 12.6 Å². The highest BCUT2D eigenvalue weighted by molar-refractivity contribution is 6.06. The molecular weight excluding hydrogens is 318 g/mol. The second-order valence-electron chi connectivity index (χ2n) is 5.60. The Morgan fingerprint density at radius 2 is 1.88 bits per heavy atom. The van der Waals surface area contributed by atoms with Crippen molar-refractivity contribution < 1.29 is 14.3 Å². The number of aromatic nitrogens is 2. The summed E-state index contributed by atoms with van der Waals surface area (Å²) in [5.41, 5.74) is 9.24. The Bertz CT molecular complexity index is 958. The molecule has 0 spiro atoms. The minimum atomic E-state index is -0.0979. The van der Waals surface area contributed by atoms with Crippen LogP contribution in [0.4, 0.5) is 5.69 Å². The van der Waals surface area contributed by atoms with E-state index in [9.17, 15) is 4.79 Å². The van der Waals surface area contributed by atoms with Crippen LogP contribution >= 0.6 is 0 Å². The van der Waals surface area contributed by atoms with E-state index in [1.165, 1.54) is 6.08 Å². The third kappa shape index (κ3) is 3.10. The van der Waals surface area contributed by atoms with Crippen LogP contribution in [0.1, 0.15) is 16.1 Å². The highest BCUT2D eigenvalue weighted by Crippen LogP contribution is 2.35.